The minimum Gasteiger partial charge on any atom is -0.508 e. The van der Waals surface area contributed by atoms with E-state index in [1.807, 2.05) is 36.1 Å². The topological polar surface area (TPSA) is 113 Å². The number of likely N-dealkylation sites (tertiary alicyclic amines) is 1. The van der Waals surface area contributed by atoms with Crippen LogP contribution in [0.15, 0.2) is 36.4 Å². The van der Waals surface area contributed by atoms with Crippen molar-refractivity contribution in [2.45, 2.75) is 108 Å². The summed E-state index contributed by atoms with van der Waals surface area (Å²) in [6.45, 7) is 8.65. The first-order chi connectivity index (χ1) is 24.5. The van der Waals surface area contributed by atoms with Crippen LogP contribution in [0.4, 0.5) is 10.2 Å². The van der Waals surface area contributed by atoms with E-state index in [4.69, 9.17) is 29.2 Å². The van der Waals surface area contributed by atoms with Crippen molar-refractivity contribution in [1.29, 1.82) is 0 Å². The lowest BCUT2D eigenvalue weighted by molar-refractivity contribution is -0.0967. The summed E-state index contributed by atoms with van der Waals surface area (Å²) >= 11 is 0. The van der Waals surface area contributed by atoms with Crippen molar-refractivity contribution in [1.82, 2.24) is 19.9 Å². The van der Waals surface area contributed by atoms with Gasteiger partial charge < -0.3 is 29.3 Å². The van der Waals surface area contributed by atoms with E-state index >= 15 is 4.39 Å². The highest BCUT2D eigenvalue weighted by molar-refractivity contribution is 6.01. The summed E-state index contributed by atoms with van der Waals surface area (Å²) in [5.41, 5.74) is -0.512. The van der Waals surface area contributed by atoms with Crippen LogP contribution in [0.2, 0.25) is 0 Å². The van der Waals surface area contributed by atoms with Crippen LogP contribution in [0.5, 0.6) is 17.6 Å². The summed E-state index contributed by atoms with van der Waals surface area (Å²) < 4.78 is 35.7. The number of aromatic nitrogens is 3. The molecule has 0 amide bonds. The zero-order chi connectivity index (χ0) is 35.5. The Morgan fingerprint density at radius 3 is 2.55 bits per heavy atom. The molecule has 0 spiro atoms. The number of nitrogens with zero attached hydrogens (tertiary/aromatic N) is 5. The van der Waals surface area contributed by atoms with Gasteiger partial charge in [-0.1, -0.05) is 30.7 Å². The molecule has 2 aromatic carbocycles. The monoisotopic (exact) mass is 699 g/mol. The largest absolute Gasteiger partial charge is 0.508 e. The van der Waals surface area contributed by atoms with E-state index in [0.29, 0.717) is 55.0 Å². The smallest absolute Gasteiger partial charge is 0.319 e. The molecular weight excluding hydrogens is 649 g/mol. The number of piperidine rings is 2. The molecule has 0 bridgehead atoms. The summed E-state index contributed by atoms with van der Waals surface area (Å²) in [5, 5.41) is 23.6. The number of hydrogen-bond donors (Lipinski definition) is 2. The first-order valence-electron chi connectivity index (χ1n) is 18.7. The summed E-state index contributed by atoms with van der Waals surface area (Å²) in [7, 11) is 1.50. The van der Waals surface area contributed by atoms with Gasteiger partial charge in [0.2, 0.25) is 5.88 Å². The average molecular weight is 700 g/mol. The Morgan fingerprint density at radius 2 is 1.76 bits per heavy atom. The Morgan fingerprint density at radius 1 is 1.00 bits per heavy atom. The lowest BCUT2D eigenvalue weighted by Crippen LogP contribution is -2.57. The number of rotatable bonds is 7. The van der Waals surface area contributed by atoms with Crippen molar-refractivity contribution in [3.05, 3.63) is 42.2 Å². The number of hydrogen-bond acceptors (Lipinski definition) is 10. The van der Waals surface area contributed by atoms with Gasteiger partial charge in [0.15, 0.2) is 5.82 Å². The van der Waals surface area contributed by atoms with Crippen LogP contribution in [-0.4, -0.2) is 93.3 Å². The normalized spacial score (nSPS) is 30.1. The maximum absolute atomic E-state index is 17.1. The van der Waals surface area contributed by atoms with E-state index in [1.54, 1.807) is 6.07 Å². The first-order valence-corrected chi connectivity index (χ1v) is 18.7. The second kappa shape index (κ2) is 13.3. The van der Waals surface area contributed by atoms with Gasteiger partial charge in [0, 0.05) is 36.2 Å². The Bertz CT molecular complexity index is 1930. The molecule has 3 aliphatic heterocycles. The van der Waals surface area contributed by atoms with E-state index in [1.165, 1.54) is 13.2 Å². The highest BCUT2D eigenvalue weighted by atomic mass is 19.1. The third-order valence-electron chi connectivity index (χ3n) is 12.0. The molecule has 3 saturated heterocycles. The van der Waals surface area contributed by atoms with Crippen molar-refractivity contribution in [2.75, 3.05) is 38.3 Å². The van der Waals surface area contributed by atoms with Crippen molar-refractivity contribution in [3.63, 3.8) is 0 Å². The number of aromatic hydroxyl groups is 1. The number of aliphatic hydroxyl groups is 1. The lowest BCUT2D eigenvalue weighted by atomic mass is 9.74. The molecule has 1 saturated carbocycles. The van der Waals surface area contributed by atoms with Crippen LogP contribution in [0.1, 0.15) is 78.6 Å². The molecule has 1 aliphatic carbocycles. The van der Waals surface area contributed by atoms with E-state index in [9.17, 15) is 10.2 Å². The van der Waals surface area contributed by atoms with Crippen LogP contribution in [0, 0.1) is 11.2 Å². The molecule has 4 fully saturated rings. The van der Waals surface area contributed by atoms with Gasteiger partial charge in [0.1, 0.15) is 28.2 Å². The van der Waals surface area contributed by atoms with Gasteiger partial charge in [0.05, 0.1) is 31.5 Å². The minimum absolute atomic E-state index is 0.00322. The molecule has 4 aromatic rings. The van der Waals surface area contributed by atoms with Crippen LogP contribution < -0.4 is 14.4 Å². The molecule has 2 aromatic heterocycles. The number of fused-ring (bicyclic) bond motifs is 3. The Kier molecular flexibility index (Phi) is 8.95. The molecule has 272 valence electrons. The van der Waals surface area contributed by atoms with Gasteiger partial charge in [-0.15, -0.1) is 0 Å². The molecule has 1 unspecified atom stereocenters. The average Bonchev–Trinajstić information content (AvgIpc) is 3.54. The maximum Gasteiger partial charge on any atom is 0.319 e. The predicted octanol–water partition coefficient (Wildman–Crippen LogP) is 7.02. The summed E-state index contributed by atoms with van der Waals surface area (Å²) in [6, 6.07) is 11.7. The number of methoxy groups -OCH3 is 1. The van der Waals surface area contributed by atoms with E-state index in [2.05, 4.69) is 18.7 Å². The van der Waals surface area contributed by atoms with Gasteiger partial charge in [-0.3, -0.25) is 4.90 Å². The highest BCUT2D eigenvalue weighted by Gasteiger charge is 2.51. The number of phenolic OH excluding ortho intramolecular Hbond substituents is 1. The number of benzene rings is 2. The molecule has 51 heavy (non-hydrogen) atoms. The number of β-amino-alcohol motifs (C(OH)–C–C–N with tert-alkyl or cyclic N) is 1. The van der Waals surface area contributed by atoms with Crippen molar-refractivity contribution >= 4 is 27.5 Å². The fraction of sp³-hybridized carbons (Fsp3) is 0.575. The molecule has 11 heteroatoms. The predicted molar refractivity (Wildman–Crippen MR) is 195 cm³/mol. The zero-order valence-corrected chi connectivity index (χ0v) is 30.2. The molecule has 2 N–H and O–H groups in total. The summed E-state index contributed by atoms with van der Waals surface area (Å²) in [6.07, 6.45) is 9.49. The number of phenols is 1. The van der Waals surface area contributed by atoms with Crippen molar-refractivity contribution in [3.8, 4) is 28.9 Å². The molecule has 10 nitrogen and oxygen atoms in total. The number of halogens is 1. The van der Waals surface area contributed by atoms with Gasteiger partial charge >= 0.3 is 6.01 Å². The second-order valence-corrected chi connectivity index (χ2v) is 15.9. The number of pyridine rings is 1. The van der Waals surface area contributed by atoms with Gasteiger partial charge in [-0.25, -0.2) is 9.37 Å². The van der Waals surface area contributed by atoms with Crippen molar-refractivity contribution in [2.24, 2.45) is 5.41 Å². The standard InChI is InChI=1S/C40H50FN5O5/c1-24-18-27(19-25(2)51-24)46-17-9-15-40(14-7-12-31(40)46)23-50-38-43-35-32(36(44-38)45-16-8-13-39(3,48)22-45)37(49-4)42-34(33(35)41)30-21-28(47)20-26-10-5-6-11-29(26)30/h5-6,10-11,20-21,24-25,27,31,47-48H,7-9,12-19,22-23H2,1-4H3/t24-,25+,27?,31-,39-,40-/m1/s1. The zero-order valence-electron chi connectivity index (χ0n) is 30.2. The van der Waals surface area contributed by atoms with Gasteiger partial charge in [-0.05, 0) is 102 Å². The van der Waals surface area contributed by atoms with Crippen LogP contribution in [0.25, 0.3) is 32.9 Å². The molecule has 0 radical (unpaired) electrons. The second-order valence-electron chi connectivity index (χ2n) is 15.9. The fourth-order valence-electron chi connectivity index (χ4n) is 9.84. The van der Waals surface area contributed by atoms with Crippen LogP contribution in [-0.2, 0) is 4.74 Å². The Balaban J connectivity index is 1.21. The minimum atomic E-state index is -0.948. The molecule has 8 rings (SSSR count). The molecular formula is C40H50FN5O5. The SMILES string of the molecule is COc1nc(-c2cc(O)cc3ccccc23)c(F)c2nc(OC[C@]34CCC[C@H]3N(C3C[C@@H](C)O[C@@H](C)C3)CCC4)nc(N3CCC[C@@](C)(O)C3)c12. The molecule has 6 atom stereocenters. The number of ether oxygens (including phenoxy) is 3. The Labute approximate surface area is 298 Å². The Hall–Kier alpha value is -3.80. The van der Waals surface area contributed by atoms with Gasteiger partial charge in [0.25, 0.3) is 0 Å². The summed E-state index contributed by atoms with van der Waals surface area (Å²) in [5.74, 6) is -0.0508. The van der Waals surface area contributed by atoms with Crippen LogP contribution >= 0.6 is 0 Å². The van der Waals surface area contributed by atoms with Crippen LogP contribution in [0.3, 0.4) is 0 Å². The van der Waals surface area contributed by atoms with E-state index in [-0.39, 0.29) is 46.5 Å². The lowest BCUT2D eigenvalue weighted by Gasteiger charge is -2.51. The fourth-order valence-corrected chi connectivity index (χ4v) is 9.84. The quantitative estimate of drug-likeness (QED) is 0.209. The third kappa shape index (κ3) is 6.35. The maximum atomic E-state index is 17.1. The summed E-state index contributed by atoms with van der Waals surface area (Å²) in [4.78, 5) is 19.1. The first kappa shape index (κ1) is 34.3. The third-order valence-corrected chi connectivity index (χ3v) is 12.0. The highest BCUT2D eigenvalue weighted by Crippen LogP contribution is 2.50. The van der Waals surface area contributed by atoms with E-state index < -0.39 is 11.4 Å². The molecule has 5 heterocycles. The van der Waals surface area contributed by atoms with Crippen molar-refractivity contribution < 1.29 is 28.8 Å². The molecule has 4 aliphatic rings. The van der Waals surface area contributed by atoms with Gasteiger partial charge in [-0.2, -0.15) is 9.97 Å². The van der Waals surface area contributed by atoms with E-state index in [0.717, 1.165) is 68.7 Å². The number of anilines is 1.